The number of phenols is 1. The molecule has 0 spiro atoms. The highest BCUT2D eigenvalue weighted by atomic mass is 16.5. The van der Waals surface area contributed by atoms with Gasteiger partial charge in [-0.2, -0.15) is 0 Å². The number of carbonyl (C=O) groups excluding carboxylic acids is 2. The Labute approximate surface area is 183 Å². The maximum Gasteiger partial charge on any atom is 0.163 e. The summed E-state index contributed by atoms with van der Waals surface area (Å²) in [6.45, 7) is 15.8. The minimum absolute atomic E-state index is 0.0221. The van der Waals surface area contributed by atoms with Gasteiger partial charge in [0.05, 0.1) is 12.2 Å². The second-order valence-electron chi connectivity index (χ2n) is 6.42. The summed E-state index contributed by atoms with van der Waals surface area (Å²) in [5.74, 6) is 0.676. The van der Waals surface area contributed by atoms with E-state index in [1.54, 1.807) is 19.1 Å². The molecule has 0 aliphatic rings. The van der Waals surface area contributed by atoms with Gasteiger partial charge >= 0.3 is 0 Å². The molecule has 0 aliphatic heterocycles. The van der Waals surface area contributed by atoms with Crippen molar-refractivity contribution in [1.82, 2.24) is 0 Å². The van der Waals surface area contributed by atoms with E-state index in [2.05, 4.69) is 38.1 Å². The first-order valence-electron chi connectivity index (χ1n) is 10.8. The van der Waals surface area contributed by atoms with Gasteiger partial charge in [-0.1, -0.05) is 58.9 Å². The normalized spacial score (nSPS) is 8.93. The van der Waals surface area contributed by atoms with Crippen molar-refractivity contribution in [2.45, 2.75) is 74.7 Å². The highest BCUT2D eigenvalue weighted by Crippen LogP contribution is 2.23. The van der Waals surface area contributed by atoms with Gasteiger partial charge in [-0.15, -0.1) is 0 Å². The Morgan fingerprint density at radius 2 is 1.53 bits per heavy atom. The molecule has 0 unspecified atom stereocenters. The molecule has 0 fully saturated rings. The zero-order valence-electron chi connectivity index (χ0n) is 20.0. The number of ketones is 2. The molecule has 0 aliphatic carbocycles. The molecule has 2 rings (SSSR count). The number of aromatic hydroxyl groups is 1. The van der Waals surface area contributed by atoms with Crippen molar-refractivity contribution < 1.29 is 19.4 Å². The molecule has 0 saturated carbocycles. The molecule has 0 amide bonds. The van der Waals surface area contributed by atoms with Crippen LogP contribution in [0.2, 0.25) is 0 Å². The second kappa shape index (κ2) is 18.4. The number of Topliss-reactive ketones (excluding diaryl/α,β-unsaturated/α-hetero) is 2. The number of benzene rings is 2. The van der Waals surface area contributed by atoms with Crippen molar-refractivity contribution in [3.05, 3.63) is 59.2 Å². The van der Waals surface area contributed by atoms with Crippen molar-refractivity contribution >= 4 is 11.6 Å². The number of phenolic OH excluding ortho intramolecular Hbond substituents is 1. The zero-order chi connectivity index (χ0) is 23.5. The van der Waals surface area contributed by atoms with Gasteiger partial charge in [-0.05, 0) is 56.9 Å². The summed E-state index contributed by atoms with van der Waals surface area (Å²) in [7, 11) is 0. The molecule has 0 radical (unpaired) electrons. The van der Waals surface area contributed by atoms with E-state index in [1.165, 1.54) is 24.1 Å². The molecule has 1 N–H and O–H groups in total. The second-order valence-corrected chi connectivity index (χ2v) is 6.42. The summed E-state index contributed by atoms with van der Waals surface area (Å²) in [6, 6.07) is 13.2. The van der Waals surface area contributed by atoms with Crippen LogP contribution in [0, 0.1) is 6.92 Å². The molecule has 0 heterocycles. The van der Waals surface area contributed by atoms with E-state index in [1.807, 2.05) is 27.7 Å². The Bertz CT molecular complexity index is 736. The third-order valence-corrected chi connectivity index (χ3v) is 3.96. The summed E-state index contributed by atoms with van der Waals surface area (Å²) in [6.07, 6.45) is 2.72. The minimum atomic E-state index is -0.149. The number of aryl methyl sites for hydroxylation is 2. The first-order valence-corrected chi connectivity index (χ1v) is 10.8. The largest absolute Gasteiger partial charge is 0.507 e. The SMILES string of the molecule is CC.CCC(C)=O.CCCOc1ccc(C(C)=O)c(O)c1.CCc1ccccc1C. The lowest BCUT2D eigenvalue weighted by atomic mass is 10.1. The first-order chi connectivity index (χ1) is 14.3. The first kappa shape index (κ1) is 29.6. The van der Waals surface area contributed by atoms with Crippen LogP contribution in [-0.2, 0) is 11.2 Å². The zero-order valence-corrected chi connectivity index (χ0v) is 20.0. The van der Waals surface area contributed by atoms with Crippen LogP contribution in [0.15, 0.2) is 42.5 Å². The number of hydrogen-bond acceptors (Lipinski definition) is 4. The van der Waals surface area contributed by atoms with Crippen LogP contribution in [0.4, 0.5) is 0 Å². The standard InChI is InChI=1S/C11H14O3.C9H12.C4H8O.C2H6/c1-3-6-14-9-4-5-10(8(2)12)11(13)7-9;1-3-9-7-5-4-6-8(9)2;1-3-4(2)5;1-2/h4-5,7,13H,3,6H2,1-2H3;4-7H,3H2,1-2H3;3H2,1-2H3;1-2H3. The Morgan fingerprint density at radius 3 is 1.90 bits per heavy atom. The third kappa shape index (κ3) is 13.5. The lowest BCUT2D eigenvalue weighted by Crippen LogP contribution is -1.97. The van der Waals surface area contributed by atoms with Gasteiger partial charge < -0.3 is 14.6 Å². The average molecular weight is 417 g/mol. The molecule has 0 aromatic heterocycles. The van der Waals surface area contributed by atoms with E-state index >= 15 is 0 Å². The Hall–Kier alpha value is -2.62. The van der Waals surface area contributed by atoms with E-state index in [-0.39, 0.29) is 17.3 Å². The fraction of sp³-hybridized carbons (Fsp3) is 0.462. The van der Waals surface area contributed by atoms with E-state index in [0.717, 1.165) is 12.8 Å². The summed E-state index contributed by atoms with van der Waals surface area (Å²) in [5.41, 5.74) is 3.19. The average Bonchev–Trinajstić information content (AvgIpc) is 2.74. The Kier molecular flexibility index (Phi) is 18.2. The molecule has 0 atom stereocenters. The van der Waals surface area contributed by atoms with E-state index in [4.69, 9.17) is 4.74 Å². The van der Waals surface area contributed by atoms with Crippen LogP contribution in [-0.4, -0.2) is 23.3 Å². The molecule has 2 aromatic rings. The van der Waals surface area contributed by atoms with Crippen molar-refractivity contribution in [2.75, 3.05) is 6.61 Å². The maximum atomic E-state index is 11.0. The number of hydrogen-bond donors (Lipinski definition) is 1. The molecule has 168 valence electrons. The van der Waals surface area contributed by atoms with E-state index in [0.29, 0.717) is 24.3 Å². The van der Waals surface area contributed by atoms with Gasteiger partial charge in [-0.3, -0.25) is 4.79 Å². The minimum Gasteiger partial charge on any atom is -0.507 e. The number of carbonyl (C=O) groups is 2. The van der Waals surface area contributed by atoms with E-state index < -0.39 is 0 Å². The lowest BCUT2D eigenvalue weighted by molar-refractivity contribution is -0.116. The van der Waals surface area contributed by atoms with Crippen molar-refractivity contribution in [3.63, 3.8) is 0 Å². The van der Waals surface area contributed by atoms with Crippen molar-refractivity contribution in [3.8, 4) is 11.5 Å². The fourth-order valence-corrected chi connectivity index (χ4v) is 2.13. The predicted molar refractivity (Wildman–Crippen MR) is 127 cm³/mol. The van der Waals surface area contributed by atoms with Crippen LogP contribution >= 0.6 is 0 Å². The maximum absolute atomic E-state index is 11.0. The number of rotatable bonds is 6. The number of ether oxygens (including phenoxy) is 1. The van der Waals surface area contributed by atoms with Gasteiger partial charge in [0, 0.05) is 12.5 Å². The molecule has 4 nitrogen and oxygen atoms in total. The topological polar surface area (TPSA) is 63.6 Å². The lowest BCUT2D eigenvalue weighted by Gasteiger charge is -2.06. The highest BCUT2D eigenvalue weighted by molar-refractivity contribution is 5.96. The third-order valence-electron chi connectivity index (χ3n) is 3.96. The van der Waals surface area contributed by atoms with Crippen LogP contribution in [0.25, 0.3) is 0 Å². The summed E-state index contributed by atoms with van der Waals surface area (Å²) in [4.78, 5) is 20.8. The predicted octanol–water partition coefficient (Wildman–Crippen LogP) is 6.95. The molecule has 2 aromatic carbocycles. The van der Waals surface area contributed by atoms with Gasteiger partial charge in [-0.25, -0.2) is 0 Å². The Morgan fingerprint density at radius 1 is 0.967 bits per heavy atom. The van der Waals surface area contributed by atoms with Crippen LogP contribution in [0.3, 0.4) is 0 Å². The molecular weight excluding hydrogens is 376 g/mol. The summed E-state index contributed by atoms with van der Waals surface area (Å²) in [5, 5.41) is 9.46. The quantitative estimate of drug-likeness (QED) is 0.517. The smallest absolute Gasteiger partial charge is 0.163 e. The molecular formula is C26H40O4. The molecule has 30 heavy (non-hydrogen) atoms. The van der Waals surface area contributed by atoms with Crippen molar-refractivity contribution in [2.24, 2.45) is 0 Å². The van der Waals surface area contributed by atoms with Gasteiger partial charge in [0.25, 0.3) is 0 Å². The summed E-state index contributed by atoms with van der Waals surface area (Å²) >= 11 is 0. The van der Waals surface area contributed by atoms with Gasteiger partial charge in [0.1, 0.15) is 17.3 Å². The van der Waals surface area contributed by atoms with Crippen molar-refractivity contribution in [1.29, 1.82) is 0 Å². The highest BCUT2D eigenvalue weighted by Gasteiger charge is 2.06. The fourth-order valence-electron chi connectivity index (χ4n) is 2.13. The Balaban J connectivity index is 0. The van der Waals surface area contributed by atoms with Crippen LogP contribution in [0.1, 0.15) is 82.8 Å². The molecule has 4 heteroatoms. The summed E-state index contributed by atoms with van der Waals surface area (Å²) < 4.78 is 5.30. The van der Waals surface area contributed by atoms with Gasteiger partial charge in [0.15, 0.2) is 5.78 Å². The monoisotopic (exact) mass is 416 g/mol. The molecule has 0 saturated heterocycles. The van der Waals surface area contributed by atoms with E-state index in [9.17, 15) is 14.7 Å². The van der Waals surface area contributed by atoms with Crippen LogP contribution < -0.4 is 4.74 Å². The molecule has 0 bridgehead atoms. The van der Waals surface area contributed by atoms with Crippen LogP contribution in [0.5, 0.6) is 11.5 Å². The van der Waals surface area contributed by atoms with Gasteiger partial charge in [0.2, 0.25) is 0 Å².